The standard InChI is InChI=1S/C26H33N5O3/c1-17-8-10-18(11-9-17)14-27-25(34)26(2)15-30-16-28-21(22(30)24(33)31(26)20-12-13-20)23(32)29-19-6-4-3-5-7-19/h8-11,16,19-20H,3-7,12-15H2,1-2H3,(H,27,34)(H,29,32). The molecular weight excluding hydrogens is 430 g/mol. The Kier molecular flexibility index (Phi) is 5.91. The Labute approximate surface area is 200 Å². The lowest BCUT2D eigenvalue weighted by Crippen LogP contribution is -2.64. The van der Waals surface area contributed by atoms with Crippen LogP contribution in [0.1, 0.15) is 84.0 Å². The number of benzene rings is 1. The number of imidazole rings is 1. The number of rotatable bonds is 6. The van der Waals surface area contributed by atoms with E-state index in [1.807, 2.05) is 38.1 Å². The van der Waals surface area contributed by atoms with Crippen molar-refractivity contribution in [3.05, 3.63) is 53.1 Å². The zero-order valence-electron chi connectivity index (χ0n) is 20.0. The van der Waals surface area contributed by atoms with Crippen molar-refractivity contribution >= 4 is 17.7 Å². The van der Waals surface area contributed by atoms with E-state index >= 15 is 0 Å². The number of aryl methyl sites for hydroxylation is 1. The van der Waals surface area contributed by atoms with Gasteiger partial charge in [-0.1, -0.05) is 49.1 Å². The largest absolute Gasteiger partial charge is 0.350 e. The minimum Gasteiger partial charge on any atom is -0.350 e. The molecule has 2 fully saturated rings. The van der Waals surface area contributed by atoms with Crippen molar-refractivity contribution in [3.8, 4) is 0 Å². The van der Waals surface area contributed by atoms with Gasteiger partial charge in [-0.05, 0) is 45.1 Å². The van der Waals surface area contributed by atoms with E-state index in [1.54, 1.807) is 9.47 Å². The maximum absolute atomic E-state index is 13.7. The maximum Gasteiger partial charge on any atom is 0.274 e. The number of fused-ring (bicyclic) bond motifs is 1. The van der Waals surface area contributed by atoms with Gasteiger partial charge in [-0.3, -0.25) is 14.4 Å². The summed E-state index contributed by atoms with van der Waals surface area (Å²) in [4.78, 5) is 46.2. The van der Waals surface area contributed by atoms with E-state index in [1.165, 1.54) is 12.7 Å². The van der Waals surface area contributed by atoms with E-state index in [-0.39, 0.29) is 42.0 Å². The molecule has 0 saturated heterocycles. The quantitative estimate of drug-likeness (QED) is 0.688. The Morgan fingerprint density at radius 2 is 1.79 bits per heavy atom. The van der Waals surface area contributed by atoms with Crippen molar-refractivity contribution in [3.63, 3.8) is 0 Å². The molecule has 1 unspecified atom stereocenters. The first-order valence-electron chi connectivity index (χ1n) is 12.4. The molecule has 3 aliphatic rings. The molecule has 2 heterocycles. The fourth-order valence-electron chi connectivity index (χ4n) is 5.30. The van der Waals surface area contributed by atoms with E-state index in [0.717, 1.165) is 49.7 Å². The third kappa shape index (κ3) is 4.21. The molecule has 3 amide bonds. The van der Waals surface area contributed by atoms with Gasteiger partial charge >= 0.3 is 0 Å². The summed E-state index contributed by atoms with van der Waals surface area (Å²) in [7, 11) is 0. The Morgan fingerprint density at radius 3 is 2.47 bits per heavy atom. The lowest BCUT2D eigenvalue weighted by atomic mass is 9.93. The normalized spacial score (nSPS) is 22.9. The van der Waals surface area contributed by atoms with E-state index in [4.69, 9.17) is 0 Å². The molecule has 1 aliphatic heterocycles. The van der Waals surface area contributed by atoms with Crippen LogP contribution in [0.5, 0.6) is 0 Å². The molecule has 180 valence electrons. The predicted octanol–water partition coefficient (Wildman–Crippen LogP) is 2.95. The Hall–Kier alpha value is -3.16. The number of hydrogen-bond acceptors (Lipinski definition) is 4. The van der Waals surface area contributed by atoms with Gasteiger partial charge in [0, 0.05) is 18.6 Å². The topological polar surface area (TPSA) is 96.3 Å². The Morgan fingerprint density at radius 1 is 1.09 bits per heavy atom. The van der Waals surface area contributed by atoms with E-state index < -0.39 is 5.54 Å². The molecule has 2 aliphatic carbocycles. The van der Waals surface area contributed by atoms with Crippen LogP contribution in [-0.4, -0.2) is 49.8 Å². The number of aromatic nitrogens is 2. The summed E-state index contributed by atoms with van der Waals surface area (Å²) in [5.74, 6) is -0.772. The van der Waals surface area contributed by atoms with E-state index in [9.17, 15) is 14.4 Å². The zero-order chi connectivity index (χ0) is 23.9. The van der Waals surface area contributed by atoms with Gasteiger partial charge in [-0.15, -0.1) is 0 Å². The molecule has 1 aromatic carbocycles. The van der Waals surface area contributed by atoms with Crippen molar-refractivity contribution in [1.29, 1.82) is 0 Å². The van der Waals surface area contributed by atoms with Gasteiger partial charge in [-0.2, -0.15) is 0 Å². The molecular formula is C26H33N5O3. The summed E-state index contributed by atoms with van der Waals surface area (Å²) in [6.45, 7) is 4.51. The number of carbonyl (C=O) groups excluding carboxylic acids is 3. The second-order valence-corrected chi connectivity index (χ2v) is 10.2. The number of hydrogen-bond donors (Lipinski definition) is 2. The lowest BCUT2D eigenvalue weighted by Gasteiger charge is -2.44. The smallest absolute Gasteiger partial charge is 0.274 e. The molecule has 2 saturated carbocycles. The monoisotopic (exact) mass is 463 g/mol. The fraction of sp³-hybridized carbons (Fsp3) is 0.538. The minimum atomic E-state index is -1.05. The van der Waals surface area contributed by atoms with Crippen LogP contribution in [0.2, 0.25) is 0 Å². The molecule has 8 heteroatoms. The van der Waals surface area contributed by atoms with Crippen LogP contribution in [-0.2, 0) is 17.9 Å². The third-order valence-electron chi connectivity index (χ3n) is 7.40. The van der Waals surface area contributed by atoms with Gasteiger partial charge in [0.1, 0.15) is 11.2 Å². The van der Waals surface area contributed by atoms with Gasteiger partial charge in [0.05, 0.1) is 12.9 Å². The van der Waals surface area contributed by atoms with Crippen molar-refractivity contribution in [2.45, 2.75) is 89.5 Å². The molecule has 34 heavy (non-hydrogen) atoms. The molecule has 1 aromatic heterocycles. The first kappa shape index (κ1) is 22.6. The SMILES string of the molecule is Cc1ccc(CNC(=O)C2(C)Cn3cnc(C(=O)NC4CCCCC4)c3C(=O)N2C2CC2)cc1. The van der Waals surface area contributed by atoms with Crippen LogP contribution in [0.15, 0.2) is 30.6 Å². The summed E-state index contributed by atoms with van der Waals surface area (Å²) in [5, 5.41) is 6.10. The highest BCUT2D eigenvalue weighted by Gasteiger charge is 2.53. The number of nitrogens with one attached hydrogen (secondary N) is 2. The summed E-state index contributed by atoms with van der Waals surface area (Å²) < 4.78 is 1.68. The van der Waals surface area contributed by atoms with Crippen molar-refractivity contribution < 1.29 is 14.4 Å². The molecule has 2 aromatic rings. The van der Waals surface area contributed by atoms with Crippen molar-refractivity contribution in [2.24, 2.45) is 0 Å². The molecule has 0 radical (unpaired) electrons. The van der Waals surface area contributed by atoms with Crippen LogP contribution in [0.4, 0.5) is 0 Å². The summed E-state index contributed by atoms with van der Waals surface area (Å²) >= 11 is 0. The third-order valence-corrected chi connectivity index (χ3v) is 7.40. The highest BCUT2D eigenvalue weighted by atomic mass is 16.2. The van der Waals surface area contributed by atoms with Gasteiger partial charge in [0.25, 0.3) is 11.8 Å². The van der Waals surface area contributed by atoms with Crippen LogP contribution in [0.3, 0.4) is 0 Å². The van der Waals surface area contributed by atoms with E-state index in [0.29, 0.717) is 12.2 Å². The molecule has 5 rings (SSSR count). The van der Waals surface area contributed by atoms with Crippen LogP contribution >= 0.6 is 0 Å². The summed E-state index contributed by atoms with van der Waals surface area (Å²) in [5.41, 5.74) is 1.59. The molecule has 0 spiro atoms. The molecule has 2 N–H and O–H groups in total. The zero-order valence-corrected chi connectivity index (χ0v) is 20.0. The Bertz CT molecular complexity index is 1100. The second-order valence-electron chi connectivity index (χ2n) is 10.2. The molecule has 0 bridgehead atoms. The van der Waals surface area contributed by atoms with Crippen LogP contribution in [0, 0.1) is 6.92 Å². The van der Waals surface area contributed by atoms with Crippen LogP contribution in [0.25, 0.3) is 0 Å². The first-order valence-corrected chi connectivity index (χ1v) is 12.4. The van der Waals surface area contributed by atoms with Crippen LogP contribution < -0.4 is 10.6 Å². The van der Waals surface area contributed by atoms with Gasteiger partial charge < -0.3 is 20.1 Å². The van der Waals surface area contributed by atoms with Gasteiger partial charge in [0.2, 0.25) is 5.91 Å². The first-order chi connectivity index (χ1) is 16.4. The number of carbonyl (C=O) groups is 3. The number of nitrogens with zero attached hydrogens (tertiary/aromatic N) is 3. The Balaban J connectivity index is 1.37. The minimum absolute atomic E-state index is 0.0144. The predicted molar refractivity (Wildman–Crippen MR) is 127 cm³/mol. The molecule has 8 nitrogen and oxygen atoms in total. The fourth-order valence-corrected chi connectivity index (χ4v) is 5.30. The van der Waals surface area contributed by atoms with E-state index in [2.05, 4.69) is 15.6 Å². The average molecular weight is 464 g/mol. The lowest BCUT2D eigenvalue weighted by molar-refractivity contribution is -0.133. The highest BCUT2D eigenvalue weighted by molar-refractivity contribution is 6.07. The summed E-state index contributed by atoms with van der Waals surface area (Å²) in [6, 6.07) is 8.17. The van der Waals surface area contributed by atoms with Gasteiger partial charge in [-0.25, -0.2) is 4.98 Å². The maximum atomic E-state index is 13.7. The average Bonchev–Trinajstić information content (AvgIpc) is 3.56. The molecule has 1 atom stereocenters. The van der Waals surface area contributed by atoms with Gasteiger partial charge in [0.15, 0.2) is 5.69 Å². The highest BCUT2D eigenvalue weighted by Crippen LogP contribution is 2.39. The number of amides is 3. The van der Waals surface area contributed by atoms with Crippen molar-refractivity contribution in [2.75, 3.05) is 0 Å². The second kappa shape index (κ2) is 8.89. The summed E-state index contributed by atoms with van der Waals surface area (Å²) in [6.07, 6.45) is 8.60. The van der Waals surface area contributed by atoms with Crippen molar-refractivity contribution in [1.82, 2.24) is 25.1 Å².